The summed E-state index contributed by atoms with van der Waals surface area (Å²) in [5.41, 5.74) is 1.70. The van der Waals surface area contributed by atoms with Crippen molar-refractivity contribution in [3.63, 3.8) is 0 Å². The number of anilines is 2. The van der Waals surface area contributed by atoms with Crippen LogP contribution < -0.4 is 4.90 Å². The van der Waals surface area contributed by atoms with Crippen LogP contribution in [0.4, 0.5) is 11.4 Å². The predicted octanol–water partition coefficient (Wildman–Crippen LogP) is 5.19. The van der Waals surface area contributed by atoms with Gasteiger partial charge in [0.15, 0.2) is 6.61 Å². The smallest absolute Gasteiger partial charge is 0.306 e. The number of para-hydroxylation sites is 2. The lowest BCUT2D eigenvalue weighted by atomic mass is 9.86. The zero-order valence-corrected chi connectivity index (χ0v) is 16.5. The summed E-state index contributed by atoms with van der Waals surface area (Å²) in [5.74, 6) is 1.50. The molecule has 2 aromatic rings. The third-order valence-corrected chi connectivity index (χ3v) is 7.48. The summed E-state index contributed by atoms with van der Waals surface area (Å²) < 4.78 is 5.42. The van der Waals surface area contributed by atoms with E-state index in [4.69, 9.17) is 4.74 Å². The molecule has 2 aliphatic carbocycles. The quantitative estimate of drug-likeness (QED) is 0.671. The molecule has 28 heavy (non-hydrogen) atoms. The number of benzene rings is 2. The van der Waals surface area contributed by atoms with Crippen molar-refractivity contribution in [1.29, 1.82) is 0 Å². The van der Waals surface area contributed by atoms with E-state index in [-0.39, 0.29) is 18.5 Å². The van der Waals surface area contributed by atoms with Crippen molar-refractivity contribution in [3.8, 4) is 0 Å². The Hall–Kier alpha value is -2.27. The van der Waals surface area contributed by atoms with Crippen LogP contribution >= 0.6 is 11.8 Å². The van der Waals surface area contributed by atoms with Crippen molar-refractivity contribution in [3.05, 3.63) is 48.5 Å². The summed E-state index contributed by atoms with van der Waals surface area (Å²) >= 11 is 1.65. The molecule has 0 spiro atoms. The van der Waals surface area contributed by atoms with Crippen molar-refractivity contribution in [2.24, 2.45) is 17.8 Å². The third-order valence-electron chi connectivity index (χ3n) is 6.35. The highest BCUT2D eigenvalue weighted by Gasteiger charge is 2.40. The summed E-state index contributed by atoms with van der Waals surface area (Å²) in [6, 6.07) is 15.7. The molecule has 1 heterocycles. The lowest BCUT2D eigenvalue weighted by Gasteiger charge is -2.30. The summed E-state index contributed by atoms with van der Waals surface area (Å²) in [5, 5.41) is 0. The van der Waals surface area contributed by atoms with Crippen molar-refractivity contribution in [2.75, 3.05) is 11.5 Å². The first-order valence-corrected chi connectivity index (χ1v) is 10.8. The highest BCUT2D eigenvalue weighted by atomic mass is 32.2. The molecule has 1 amide bonds. The van der Waals surface area contributed by atoms with Gasteiger partial charge in [0.25, 0.3) is 5.91 Å². The van der Waals surface area contributed by atoms with Crippen LogP contribution in [0.3, 0.4) is 0 Å². The first-order valence-electron chi connectivity index (χ1n) is 10.0. The lowest BCUT2D eigenvalue weighted by Crippen LogP contribution is -2.33. The van der Waals surface area contributed by atoms with E-state index in [0.29, 0.717) is 18.3 Å². The minimum absolute atomic E-state index is 0.207. The standard InChI is InChI=1S/C23H23NO3S/c25-22(14-27-23(26)13-17-12-15-9-10-16(17)11-15)24-18-5-1-3-7-20(18)28-21-8-4-2-6-19(21)24/h1-8,15-17H,9-14H2. The molecular weight excluding hydrogens is 370 g/mol. The van der Waals surface area contributed by atoms with Gasteiger partial charge in [0.2, 0.25) is 0 Å². The van der Waals surface area contributed by atoms with Crippen molar-refractivity contribution in [1.82, 2.24) is 0 Å². The van der Waals surface area contributed by atoms with Gasteiger partial charge in [-0.05, 0) is 61.3 Å². The molecule has 5 heteroatoms. The van der Waals surface area contributed by atoms with E-state index in [2.05, 4.69) is 0 Å². The van der Waals surface area contributed by atoms with Crippen molar-refractivity contribution >= 4 is 35.0 Å². The molecule has 3 unspecified atom stereocenters. The molecular formula is C23H23NO3S. The molecule has 2 aromatic carbocycles. The fraction of sp³-hybridized carbons (Fsp3) is 0.391. The molecule has 0 N–H and O–H groups in total. The fourth-order valence-electron chi connectivity index (χ4n) is 5.08. The molecule has 0 aromatic heterocycles. The van der Waals surface area contributed by atoms with Gasteiger partial charge in [0.1, 0.15) is 0 Å². The van der Waals surface area contributed by atoms with E-state index in [9.17, 15) is 9.59 Å². The van der Waals surface area contributed by atoms with E-state index in [1.807, 2.05) is 48.5 Å². The molecule has 3 aliphatic rings. The molecule has 2 fully saturated rings. The molecule has 2 bridgehead atoms. The van der Waals surface area contributed by atoms with Gasteiger partial charge in [-0.3, -0.25) is 14.5 Å². The number of hydrogen-bond donors (Lipinski definition) is 0. The topological polar surface area (TPSA) is 46.6 Å². The molecule has 5 rings (SSSR count). The SMILES string of the molecule is O=C(CC1CC2CCC1C2)OCC(=O)N1c2ccccc2Sc2ccccc21. The summed E-state index contributed by atoms with van der Waals surface area (Å²) in [6.45, 7) is -0.215. The second-order valence-corrected chi connectivity index (χ2v) is 9.15. The number of fused-ring (bicyclic) bond motifs is 4. The maximum atomic E-state index is 13.0. The van der Waals surface area contributed by atoms with Crippen LogP contribution in [-0.2, 0) is 14.3 Å². The Kier molecular flexibility index (Phi) is 4.63. The molecule has 4 nitrogen and oxygen atoms in total. The number of hydrogen-bond acceptors (Lipinski definition) is 4. The number of esters is 1. The molecule has 2 saturated carbocycles. The number of rotatable bonds is 4. The van der Waals surface area contributed by atoms with Gasteiger partial charge < -0.3 is 4.74 Å². The number of amides is 1. The molecule has 1 aliphatic heterocycles. The van der Waals surface area contributed by atoms with Gasteiger partial charge >= 0.3 is 5.97 Å². The Morgan fingerprint density at radius 2 is 1.64 bits per heavy atom. The third kappa shape index (κ3) is 3.22. The maximum Gasteiger partial charge on any atom is 0.306 e. The largest absolute Gasteiger partial charge is 0.456 e. The van der Waals surface area contributed by atoms with Crippen LogP contribution in [0, 0.1) is 17.8 Å². The first-order chi connectivity index (χ1) is 13.7. The summed E-state index contributed by atoms with van der Waals surface area (Å²) in [4.78, 5) is 29.1. The Morgan fingerprint density at radius 1 is 0.964 bits per heavy atom. The van der Waals surface area contributed by atoms with E-state index < -0.39 is 0 Å². The minimum Gasteiger partial charge on any atom is -0.456 e. The highest BCUT2D eigenvalue weighted by Crippen LogP contribution is 2.50. The Bertz CT molecular complexity index is 882. The second-order valence-electron chi connectivity index (χ2n) is 8.07. The number of ether oxygens (including phenoxy) is 1. The van der Waals surface area contributed by atoms with Crippen molar-refractivity contribution in [2.45, 2.75) is 41.9 Å². The Balaban J connectivity index is 1.28. The number of carbonyl (C=O) groups is 2. The predicted molar refractivity (Wildman–Crippen MR) is 109 cm³/mol. The normalized spacial score (nSPS) is 24.6. The first kappa shape index (κ1) is 17.8. The molecule has 0 saturated heterocycles. The monoisotopic (exact) mass is 393 g/mol. The molecule has 144 valence electrons. The van der Waals surface area contributed by atoms with E-state index >= 15 is 0 Å². The van der Waals surface area contributed by atoms with Crippen LogP contribution in [0.25, 0.3) is 0 Å². The van der Waals surface area contributed by atoms with Gasteiger partial charge in [0, 0.05) is 16.2 Å². The number of nitrogens with zero attached hydrogens (tertiary/aromatic N) is 1. The van der Waals surface area contributed by atoms with Gasteiger partial charge in [-0.15, -0.1) is 0 Å². The van der Waals surface area contributed by atoms with Gasteiger partial charge in [-0.2, -0.15) is 0 Å². The molecule has 0 radical (unpaired) electrons. The average Bonchev–Trinajstić information content (AvgIpc) is 3.33. The second kappa shape index (κ2) is 7.28. The van der Waals surface area contributed by atoms with Crippen LogP contribution in [0.15, 0.2) is 58.3 Å². The zero-order valence-electron chi connectivity index (χ0n) is 15.7. The molecule has 3 atom stereocenters. The van der Waals surface area contributed by atoms with Crippen LogP contribution in [-0.4, -0.2) is 18.5 Å². The Labute approximate surface area is 169 Å². The summed E-state index contributed by atoms with van der Waals surface area (Å²) in [7, 11) is 0. The van der Waals surface area contributed by atoms with E-state index in [0.717, 1.165) is 33.5 Å². The summed E-state index contributed by atoms with van der Waals surface area (Å²) in [6.07, 6.45) is 5.45. The van der Waals surface area contributed by atoms with Crippen LogP contribution in [0.5, 0.6) is 0 Å². The Morgan fingerprint density at radius 3 is 2.25 bits per heavy atom. The average molecular weight is 394 g/mol. The minimum atomic E-state index is -0.237. The maximum absolute atomic E-state index is 13.0. The van der Waals surface area contributed by atoms with Gasteiger partial charge in [0.05, 0.1) is 11.4 Å². The van der Waals surface area contributed by atoms with Gasteiger partial charge in [-0.1, -0.05) is 42.4 Å². The van der Waals surface area contributed by atoms with Crippen molar-refractivity contribution < 1.29 is 14.3 Å². The highest BCUT2D eigenvalue weighted by molar-refractivity contribution is 7.99. The lowest BCUT2D eigenvalue weighted by molar-refractivity contribution is -0.149. The van der Waals surface area contributed by atoms with Gasteiger partial charge in [-0.25, -0.2) is 0 Å². The fourth-order valence-corrected chi connectivity index (χ4v) is 6.14. The van der Waals surface area contributed by atoms with E-state index in [1.54, 1.807) is 16.7 Å². The number of carbonyl (C=O) groups excluding carboxylic acids is 2. The van der Waals surface area contributed by atoms with Crippen LogP contribution in [0.1, 0.15) is 32.1 Å². The van der Waals surface area contributed by atoms with E-state index in [1.165, 1.54) is 19.3 Å². The zero-order chi connectivity index (χ0) is 19.1. The van der Waals surface area contributed by atoms with Crippen LogP contribution in [0.2, 0.25) is 0 Å².